The molecule has 0 radical (unpaired) electrons. The maximum atomic E-state index is 13.0. The molecule has 4 aliphatic rings. The van der Waals surface area contributed by atoms with E-state index < -0.39 is 11.7 Å². The Bertz CT molecular complexity index is 870. The number of ether oxygens (including phenoxy) is 1. The zero-order valence-electron chi connectivity index (χ0n) is 17.0. The third-order valence-corrected chi connectivity index (χ3v) is 6.92. The third kappa shape index (κ3) is 3.81. The smallest absolute Gasteiger partial charge is 0.370 e. The van der Waals surface area contributed by atoms with E-state index in [1.807, 2.05) is 4.90 Å². The van der Waals surface area contributed by atoms with E-state index in [1.54, 1.807) is 4.90 Å². The first kappa shape index (κ1) is 20.4. The molecule has 0 aliphatic carbocycles. The van der Waals surface area contributed by atoms with E-state index >= 15 is 0 Å². The molecule has 168 valence electrons. The lowest BCUT2D eigenvalue weighted by Crippen LogP contribution is -2.62. The quantitative estimate of drug-likeness (QED) is 0.728. The molecular formula is C21H25F3N4O3. The van der Waals surface area contributed by atoms with Gasteiger partial charge in [-0.05, 0) is 37.1 Å². The van der Waals surface area contributed by atoms with Gasteiger partial charge in [-0.15, -0.1) is 0 Å². The molecule has 1 spiro atoms. The molecule has 4 saturated heterocycles. The number of carbonyl (C=O) groups is 2. The number of alkyl halides is 3. The number of carbonyl (C=O) groups excluding carboxylic acids is 2. The lowest BCUT2D eigenvalue weighted by Gasteiger charge is -2.49. The SMILES string of the molecule is O=C1CO[C@H]2CCN(C(=O)N3CCC4(C3)CN(c3ccc(C(F)(F)F)cc3)C4)C[C@H]2N1. The number of halogens is 3. The van der Waals surface area contributed by atoms with Crippen LogP contribution < -0.4 is 10.2 Å². The molecule has 5 rings (SSSR count). The van der Waals surface area contributed by atoms with Gasteiger partial charge in [0.25, 0.3) is 0 Å². The van der Waals surface area contributed by atoms with Crippen LogP contribution in [0, 0.1) is 5.41 Å². The summed E-state index contributed by atoms with van der Waals surface area (Å²) in [5, 5.41) is 2.92. The van der Waals surface area contributed by atoms with Crippen LogP contribution in [0.15, 0.2) is 24.3 Å². The highest BCUT2D eigenvalue weighted by Gasteiger charge is 2.50. The van der Waals surface area contributed by atoms with Crippen LogP contribution in [-0.4, -0.2) is 79.8 Å². The summed E-state index contributed by atoms with van der Waals surface area (Å²) in [7, 11) is 0. The highest BCUT2D eigenvalue weighted by Crippen LogP contribution is 2.42. The number of fused-ring (bicyclic) bond motifs is 1. The zero-order valence-corrected chi connectivity index (χ0v) is 17.0. The van der Waals surface area contributed by atoms with E-state index in [-0.39, 0.29) is 36.1 Å². The van der Waals surface area contributed by atoms with Crippen molar-refractivity contribution in [3.05, 3.63) is 29.8 Å². The molecule has 1 aromatic rings. The van der Waals surface area contributed by atoms with E-state index in [1.165, 1.54) is 12.1 Å². The number of morpholine rings is 1. The number of nitrogens with one attached hydrogen (secondary N) is 1. The highest BCUT2D eigenvalue weighted by molar-refractivity contribution is 5.79. The van der Waals surface area contributed by atoms with Crippen LogP contribution in [0.1, 0.15) is 18.4 Å². The van der Waals surface area contributed by atoms with Crippen LogP contribution in [0.3, 0.4) is 0 Å². The van der Waals surface area contributed by atoms with Crippen molar-refractivity contribution in [3.8, 4) is 0 Å². The van der Waals surface area contributed by atoms with Crippen LogP contribution >= 0.6 is 0 Å². The van der Waals surface area contributed by atoms with E-state index in [2.05, 4.69) is 10.2 Å². The van der Waals surface area contributed by atoms with Crippen molar-refractivity contribution in [1.82, 2.24) is 15.1 Å². The Labute approximate surface area is 178 Å². The van der Waals surface area contributed by atoms with E-state index in [4.69, 9.17) is 4.74 Å². The number of benzene rings is 1. The number of urea groups is 1. The maximum absolute atomic E-state index is 13.0. The van der Waals surface area contributed by atoms with Crippen molar-refractivity contribution in [3.63, 3.8) is 0 Å². The summed E-state index contributed by atoms with van der Waals surface area (Å²) in [6.45, 7) is 3.93. The van der Waals surface area contributed by atoms with Gasteiger partial charge in [0.2, 0.25) is 5.91 Å². The monoisotopic (exact) mass is 438 g/mol. The van der Waals surface area contributed by atoms with Gasteiger partial charge in [0.15, 0.2) is 0 Å². The van der Waals surface area contributed by atoms with Gasteiger partial charge in [0, 0.05) is 50.4 Å². The molecular weight excluding hydrogens is 413 g/mol. The maximum Gasteiger partial charge on any atom is 0.416 e. The molecule has 1 aromatic carbocycles. The minimum absolute atomic E-state index is 0.00114. The van der Waals surface area contributed by atoms with Gasteiger partial charge in [-0.3, -0.25) is 4.79 Å². The standard InChI is InChI=1S/C21H25F3N4O3/c22-21(23,24)14-1-3-15(4-2-14)28-12-20(13-28)6-8-27(11-20)19(30)26-7-5-17-16(9-26)25-18(29)10-31-17/h1-4,16-17H,5-13H2,(H,25,29)/t16-,17+/m1/s1. The van der Waals surface area contributed by atoms with Crippen molar-refractivity contribution in [2.24, 2.45) is 5.41 Å². The molecule has 4 fully saturated rings. The summed E-state index contributed by atoms with van der Waals surface area (Å²) in [6, 6.07) is 5.08. The third-order valence-electron chi connectivity index (χ3n) is 6.92. The molecule has 31 heavy (non-hydrogen) atoms. The number of hydrogen-bond acceptors (Lipinski definition) is 4. The van der Waals surface area contributed by atoms with Crippen molar-refractivity contribution >= 4 is 17.6 Å². The lowest BCUT2D eigenvalue weighted by atomic mass is 9.78. The number of amides is 3. The Kier molecular flexibility index (Phi) is 4.80. The Hall–Kier alpha value is -2.49. The highest BCUT2D eigenvalue weighted by atomic mass is 19.4. The van der Waals surface area contributed by atoms with Gasteiger partial charge in [0.1, 0.15) is 6.61 Å². The van der Waals surface area contributed by atoms with Crippen molar-refractivity contribution in [1.29, 1.82) is 0 Å². The number of piperidine rings is 1. The first-order valence-electron chi connectivity index (χ1n) is 10.6. The molecule has 2 atom stereocenters. The van der Waals surface area contributed by atoms with E-state index in [9.17, 15) is 22.8 Å². The molecule has 4 heterocycles. The Morgan fingerprint density at radius 3 is 2.55 bits per heavy atom. The van der Waals surface area contributed by atoms with Gasteiger partial charge in [-0.2, -0.15) is 13.2 Å². The molecule has 7 nitrogen and oxygen atoms in total. The van der Waals surface area contributed by atoms with Gasteiger partial charge < -0.3 is 24.8 Å². The van der Waals surface area contributed by atoms with Crippen LogP contribution in [0.25, 0.3) is 0 Å². The van der Waals surface area contributed by atoms with Crippen LogP contribution in [0.2, 0.25) is 0 Å². The summed E-state index contributed by atoms with van der Waals surface area (Å²) >= 11 is 0. The number of anilines is 1. The number of likely N-dealkylation sites (tertiary alicyclic amines) is 2. The van der Waals surface area contributed by atoms with Gasteiger partial charge >= 0.3 is 12.2 Å². The van der Waals surface area contributed by atoms with Gasteiger partial charge in [-0.25, -0.2) is 4.79 Å². The molecule has 0 bridgehead atoms. The summed E-state index contributed by atoms with van der Waals surface area (Å²) in [5.74, 6) is -0.145. The average Bonchev–Trinajstić information content (AvgIpc) is 3.17. The number of hydrogen-bond donors (Lipinski definition) is 1. The zero-order chi connectivity index (χ0) is 21.8. The molecule has 0 unspecified atom stereocenters. The molecule has 0 aromatic heterocycles. The molecule has 4 aliphatic heterocycles. The molecule has 3 amide bonds. The predicted octanol–water partition coefficient (Wildman–Crippen LogP) is 1.93. The van der Waals surface area contributed by atoms with Crippen molar-refractivity contribution in [2.45, 2.75) is 31.2 Å². The Balaban J connectivity index is 1.16. The molecule has 10 heteroatoms. The van der Waals surface area contributed by atoms with Crippen LogP contribution in [0.5, 0.6) is 0 Å². The number of nitrogens with zero attached hydrogens (tertiary/aromatic N) is 3. The summed E-state index contributed by atoms with van der Waals surface area (Å²) in [5.41, 5.74) is 0.129. The van der Waals surface area contributed by atoms with Gasteiger partial charge in [-0.1, -0.05) is 0 Å². The van der Waals surface area contributed by atoms with Gasteiger partial charge in [0.05, 0.1) is 17.7 Å². The topological polar surface area (TPSA) is 65.1 Å². The first-order valence-corrected chi connectivity index (χ1v) is 10.6. The normalized spacial score (nSPS) is 27.7. The minimum Gasteiger partial charge on any atom is -0.370 e. The second kappa shape index (κ2) is 7.29. The van der Waals surface area contributed by atoms with Crippen molar-refractivity contribution in [2.75, 3.05) is 50.8 Å². The fraction of sp³-hybridized carbons (Fsp3) is 0.619. The average molecular weight is 438 g/mol. The fourth-order valence-electron chi connectivity index (χ4n) is 5.24. The Morgan fingerprint density at radius 1 is 1.10 bits per heavy atom. The first-order chi connectivity index (χ1) is 14.7. The minimum atomic E-state index is -4.33. The lowest BCUT2D eigenvalue weighted by molar-refractivity contribution is -0.139. The van der Waals surface area contributed by atoms with E-state index in [0.29, 0.717) is 32.6 Å². The van der Waals surface area contributed by atoms with Crippen LogP contribution in [0.4, 0.5) is 23.7 Å². The second-order valence-electron chi connectivity index (χ2n) is 9.11. The summed E-state index contributed by atoms with van der Waals surface area (Å²) < 4.78 is 43.8. The second-order valence-corrected chi connectivity index (χ2v) is 9.11. The summed E-state index contributed by atoms with van der Waals surface area (Å²) in [6.07, 6.45) is -2.77. The molecule has 1 N–H and O–H groups in total. The van der Waals surface area contributed by atoms with Crippen LogP contribution in [-0.2, 0) is 15.7 Å². The fourth-order valence-corrected chi connectivity index (χ4v) is 5.24. The summed E-state index contributed by atoms with van der Waals surface area (Å²) in [4.78, 5) is 30.4. The predicted molar refractivity (Wildman–Crippen MR) is 106 cm³/mol. The van der Waals surface area contributed by atoms with Crippen molar-refractivity contribution < 1.29 is 27.5 Å². The largest absolute Gasteiger partial charge is 0.416 e. The Morgan fingerprint density at radius 2 is 1.84 bits per heavy atom. The van der Waals surface area contributed by atoms with E-state index in [0.717, 1.165) is 37.3 Å². The number of rotatable bonds is 1. The molecule has 0 saturated carbocycles.